The number of ether oxygens (including phenoxy) is 1. The number of carbonyl (C=O) groups is 2. The molecule has 0 fully saturated rings. The van der Waals surface area contributed by atoms with Crippen molar-refractivity contribution in [1.82, 2.24) is 5.32 Å². The molecule has 0 saturated carbocycles. The lowest BCUT2D eigenvalue weighted by molar-refractivity contribution is -0.143. The van der Waals surface area contributed by atoms with E-state index in [4.69, 9.17) is 4.74 Å². The van der Waals surface area contributed by atoms with Crippen LogP contribution in [0.5, 0.6) is 0 Å². The van der Waals surface area contributed by atoms with Crippen molar-refractivity contribution in [2.75, 3.05) is 7.11 Å². The number of benzene rings is 1. The molecule has 118 valence electrons. The maximum atomic E-state index is 12.5. The summed E-state index contributed by atoms with van der Waals surface area (Å²) in [4.78, 5) is 25.0. The van der Waals surface area contributed by atoms with Crippen LogP contribution in [-0.4, -0.2) is 25.0 Å². The highest BCUT2D eigenvalue weighted by atomic mass is 32.1. The summed E-state index contributed by atoms with van der Waals surface area (Å²) in [5.41, 5.74) is 0.950. The van der Waals surface area contributed by atoms with Crippen LogP contribution in [0.15, 0.2) is 24.3 Å². The minimum atomic E-state index is -0.609. The highest BCUT2D eigenvalue weighted by Crippen LogP contribution is 2.30. The van der Waals surface area contributed by atoms with Crippen LogP contribution in [0.2, 0.25) is 0 Å². The number of thiophene rings is 1. The number of methoxy groups -OCH3 is 1. The van der Waals surface area contributed by atoms with Gasteiger partial charge in [0.15, 0.2) is 0 Å². The largest absolute Gasteiger partial charge is 0.467 e. The molecule has 2 aromatic rings. The van der Waals surface area contributed by atoms with E-state index in [1.807, 2.05) is 45.0 Å². The second-order valence-electron chi connectivity index (χ2n) is 5.73. The van der Waals surface area contributed by atoms with Gasteiger partial charge in [-0.05, 0) is 36.3 Å². The topological polar surface area (TPSA) is 55.4 Å². The fourth-order valence-corrected chi connectivity index (χ4v) is 3.55. The predicted octanol–water partition coefficient (Wildman–Crippen LogP) is 3.53. The molecule has 0 aliphatic heterocycles. The fraction of sp³-hybridized carbons (Fsp3) is 0.412. The molecular weight excluding hydrogens is 298 g/mol. The Morgan fingerprint density at radius 3 is 2.55 bits per heavy atom. The van der Waals surface area contributed by atoms with Gasteiger partial charge < -0.3 is 10.1 Å². The van der Waals surface area contributed by atoms with Crippen LogP contribution in [0.4, 0.5) is 0 Å². The van der Waals surface area contributed by atoms with E-state index in [-0.39, 0.29) is 11.8 Å². The Labute approximate surface area is 134 Å². The van der Waals surface area contributed by atoms with Crippen molar-refractivity contribution in [3.05, 3.63) is 34.7 Å². The first-order chi connectivity index (χ1) is 10.4. The summed E-state index contributed by atoms with van der Waals surface area (Å²) in [7, 11) is 1.34. The number of amides is 1. The van der Waals surface area contributed by atoms with Crippen LogP contribution in [-0.2, 0) is 9.53 Å². The number of esters is 1. The first-order valence-corrected chi connectivity index (χ1v) is 8.12. The van der Waals surface area contributed by atoms with Gasteiger partial charge in [0, 0.05) is 4.70 Å². The summed E-state index contributed by atoms with van der Waals surface area (Å²) in [6.07, 6.45) is 0.558. The van der Waals surface area contributed by atoms with Gasteiger partial charge in [-0.3, -0.25) is 4.79 Å². The Kier molecular flexibility index (Phi) is 5.19. The quantitative estimate of drug-likeness (QED) is 0.858. The number of hydrogen-bond acceptors (Lipinski definition) is 4. The summed E-state index contributed by atoms with van der Waals surface area (Å²) < 4.78 is 5.86. The summed E-state index contributed by atoms with van der Waals surface area (Å²) >= 11 is 1.45. The van der Waals surface area contributed by atoms with E-state index in [2.05, 4.69) is 5.32 Å². The average molecular weight is 319 g/mol. The molecule has 1 amide bonds. The highest BCUT2D eigenvalue weighted by Gasteiger charge is 2.25. The van der Waals surface area contributed by atoms with Crippen LogP contribution in [0.3, 0.4) is 0 Å². The molecule has 1 heterocycles. The smallest absolute Gasteiger partial charge is 0.328 e. The highest BCUT2D eigenvalue weighted by molar-refractivity contribution is 7.21. The molecule has 4 nitrogen and oxygen atoms in total. The third-order valence-corrected chi connectivity index (χ3v) is 4.82. The van der Waals surface area contributed by atoms with Gasteiger partial charge in [-0.2, -0.15) is 0 Å². The van der Waals surface area contributed by atoms with E-state index in [9.17, 15) is 9.59 Å². The molecule has 0 spiro atoms. The Morgan fingerprint density at radius 1 is 1.27 bits per heavy atom. The fourth-order valence-electron chi connectivity index (χ4n) is 2.44. The second-order valence-corrected chi connectivity index (χ2v) is 6.78. The van der Waals surface area contributed by atoms with Crippen molar-refractivity contribution in [3.63, 3.8) is 0 Å². The number of hydrogen-bond donors (Lipinski definition) is 1. The first kappa shape index (κ1) is 16.5. The van der Waals surface area contributed by atoms with Gasteiger partial charge in [-0.25, -0.2) is 4.79 Å². The minimum Gasteiger partial charge on any atom is -0.467 e. The Balaban J connectivity index is 2.25. The summed E-state index contributed by atoms with van der Waals surface area (Å²) in [6, 6.07) is 7.30. The normalized spacial score (nSPS) is 12.4. The average Bonchev–Trinajstić information content (AvgIpc) is 2.83. The SMILES string of the molecule is COC(=O)C(CC(C)C)NC(=O)c1sc2ccccc2c1C. The van der Waals surface area contributed by atoms with Crippen molar-refractivity contribution in [2.24, 2.45) is 5.92 Å². The van der Waals surface area contributed by atoms with Crippen molar-refractivity contribution >= 4 is 33.3 Å². The van der Waals surface area contributed by atoms with Gasteiger partial charge in [0.2, 0.25) is 0 Å². The molecule has 2 rings (SSSR count). The standard InChI is InChI=1S/C17H21NO3S/c1-10(2)9-13(17(20)21-4)18-16(19)15-11(3)12-7-5-6-8-14(12)22-15/h5-8,10,13H,9H2,1-4H3,(H,18,19). The van der Waals surface area contributed by atoms with Gasteiger partial charge >= 0.3 is 5.97 Å². The molecule has 1 aromatic carbocycles. The molecule has 22 heavy (non-hydrogen) atoms. The Bertz CT molecular complexity index is 690. The van der Waals surface area contributed by atoms with E-state index in [0.29, 0.717) is 11.3 Å². The van der Waals surface area contributed by atoms with E-state index >= 15 is 0 Å². The zero-order valence-corrected chi connectivity index (χ0v) is 14.1. The number of carbonyl (C=O) groups excluding carboxylic acids is 2. The third-order valence-electron chi connectivity index (χ3n) is 3.55. The summed E-state index contributed by atoms with van der Waals surface area (Å²) in [5.74, 6) is -0.330. The Morgan fingerprint density at radius 2 is 1.95 bits per heavy atom. The van der Waals surface area contributed by atoms with Gasteiger partial charge in [0.05, 0.1) is 12.0 Å². The molecule has 1 atom stereocenters. The van der Waals surface area contributed by atoms with E-state index < -0.39 is 12.0 Å². The number of aryl methyl sites for hydroxylation is 1. The summed E-state index contributed by atoms with van der Waals surface area (Å²) in [6.45, 7) is 5.95. The van der Waals surface area contributed by atoms with Crippen molar-refractivity contribution in [2.45, 2.75) is 33.2 Å². The number of fused-ring (bicyclic) bond motifs is 1. The van der Waals surface area contributed by atoms with Gasteiger partial charge in [-0.1, -0.05) is 32.0 Å². The molecule has 1 aromatic heterocycles. The van der Waals surface area contributed by atoms with Gasteiger partial charge in [-0.15, -0.1) is 11.3 Å². The third kappa shape index (κ3) is 3.47. The predicted molar refractivity (Wildman–Crippen MR) is 89.3 cm³/mol. The lowest BCUT2D eigenvalue weighted by Gasteiger charge is -2.18. The maximum Gasteiger partial charge on any atom is 0.328 e. The maximum absolute atomic E-state index is 12.5. The van der Waals surface area contributed by atoms with Gasteiger partial charge in [0.1, 0.15) is 6.04 Å². The lowest BCUT2D eigenvalue weighted by atomic mass is 10.0. The minimum absolute atomic E-state index is 0.213. The molecule has 0 radical (unpaired) electrons. The van der Waals surface area contributed by atoms with Crippen LogP contribution in [0.1, 0.15) is 35.5 Å². The monoisotopic (exact) mass is 319 g/mol. The molecule has 1 unspecified atom stereocenters. The molecule has 0 aliphatic rings. The zero-order chi connectivity index (χ0) is 16.3. The van der Waals surface area contributed by atoms with Crippen molar-refractivity contribution in [3.8, 4) is 0 Å². The second kappa shape index (κ2) is 6.92. The molecule has 0 saturated heterocycles. The van der Waals surface area contributed by atoms with Gasteiger partial charge in [0.25, 0.3) is 5.91 Å². The van der Waals surface area contributed by atoms with Crippen LogP contribution >= 0.6 is 11.3 Å². The van der Waals surface area contributed by atoms with E-state index in [1.165, 1.54) is 18.4 Å². The van der Waals surface area contributed by atoms with Crippen LogP contribution in [0, 0.1) is 12.8 Å². The molecule has 0 bridgehead atoms. The molecule has 5 heteroatoms. The first-order valence-electron chi connectivity index (χ1n) is 7.30. The van der Waals surface area contributed by atoms with E-state index in [1.54, 1.807) is 0 Å². The zero-order valence-electron chi connectivity index (χ0n) is 13.3. The Hall–Kier alpha value is -1.88. The van der Waals surface area contributed by atoms with Crippen LogP contribution in [0.25, 0.3) is 10.1 Å². The summed E-state index contributed by atoms with van der Waals surface area (Å²) in [5, 5.41) is 3.89. The molecular formula is C17H21NO3S. The number of nitrogens with one attached hydrogen (secondary N) is 1. The van der Waals surface area contributed by atoms with Crippen LogP contribution < -0.4 is 5.32 Å². The number of rotatable bonds is 5. The van der Waals surface area contributed by atoms with Crippen molar-refractivity contribution in [1.29, 1.82) is 0 Å². The lowest BCUT2D eigenvalue weighted by Crippen LogP contribution is -2.42. The van der Waals surface area contributed by atoms with E-state index in [0.717, 1.165) is 15.6 Å². The molecule has 0 aliphatic carbocycles. The van der Waals surface area contributed by atoms with Crippen molar-refractivity contribution < 1.29 is 14.3 Å². The molecule has 1 N–H and O–H groups in total.